The van der Waals surface area contributed by atoms with Crippen LogP contribution in [0.1, 0.15) is 25.2 Å². The van der Waals surface area contributed by atoms with E-state index in [0.717, 1.165) is 35.3 Å². The Hall–Kier alpha value is -1.44. The molecule has 0 spiro atoms. The lowest BCUT2D eigenvalue weighted by molar-refractivity contribution is 0.930. The van der Waals surface area contributed by atoms with Gasteiger partial charge < -0.3 is 0 Å². The second kappa shape index (κ2) is 3.74. The van der Waals surface area contributed by atoms with E-state index in [1.807, 2.05) is 24.3 Å². The van der Waals surface area contributed by atoms with Crippen molar-refractivity contribution in [3.05, 3.63) is 35.7 Å². The molecule has 0 atom stereocenters. The summed E-state index contributed by atoms with van der Waals surface area (Å²) in [7, 11) is 0. The molecule has 0 N–H and O–H groups in total. The van der Waals surface area contributed by atoms with Gasteiger partial charge in [0, 0.05) is 0 Å². The number of nitrogens with zero attached hydrogens (tertiary/aromatic N) is 2. The summed E-state index contributed by atoms with van der Waals surface area (Å²) < 4.78 is 0. The molecule has 2 aromatic rings. The second-order valence-electron chi connectivity index (χ2n) is 3.31. The van der Waals surface area contributed by atoms with E-state index in [1.54, 1.807) is 0 Å². The third kappa shape index (κ3) is 1.48. The molecule has 2 rings (SSSR count). The van der Waals surface area contributed by atoms with Crippen molar-refractivity contribution in [2.24, 2.45) is 0 Å². The van der Waals surface area contributed by atoms with Crippen LogP contribution in [0, 0.1) is 0 Å². The molecule has 0 aliphatic heterocycles. The Kier molecular flexibility index (Phi) is 2.44. The fraction of sp³-hybridized carbons (Fsp3) is 0.333. The van der Waals surface area contributed by atoms with Gasteiger partial charge in [0.1, 0.15) is 0 Å². The molecule has 1 heterocycles. The van der Waals surface area contributed by atoms with E-state index in [0.29, 0.717) is 0 Å². The van der Waals surface area contributed by atoms with Crippen LogP contribution in [-0.4, -0.2) is 9.97 Å². The molecule has 14 heavy (non-hydrogen) atoms. The highest BCUT2D eigenvalue weighted by atomic mass is 14.8. The molecular weight excluding hydrogens is 172 g/mol. The zero-order valence-electron chi connectivity index (χ0n) is 8.62. The van der Waals surface area contributed by atoms with Gasteiger partial charge in [0.2, 0.25) is 0 Å². The molecule has 0 aliphatic carbocycles. The van der Waals surface area contributed by atoms with Gasteiger partial charge in [0.25, 0.3) is 0 Å². The van der Waals surface area contributed by atoms with Crippen LogP contribution in [-0.2, 0) is 12.8 Å². The molecule has 2 heteroatoms. The van der Waals surface area contributed by atoms with Crippen molar-refractivity contribution in [2.45, 2.75) is 26.7 Å². The minimum absolute atomic E-state index is 0.959. The first-order valence-corrected chi connectivity index (χ1v) is 5.09. The maximum absolute atomic E-state index is 4.60. The highest BCUT2D eigenvalue weighted by Crippen LogP contribution is 2.13. The van der Waals surface area contributed by atoms with Crippen LogP contribution >= 0.6 is 0 Å². The molecule has 0 unspecified atom stereocenters. The summed E-state index contributed by atoms with van der Waals surface area (Å²) in [6.45, 7) is 4.25. The lowest BCUT2D eigenvalue weighted by atomic mass is 10.2. The summed E-state index contributed by atoms with van der Waals surface area (Å²) in [5.74, 6) is 0. The molecule has 0 saturated heterocycles. The summed E-state index contributed by atoms with van der Waals surface area (Å²) in [4.78, 5) is 9.20. The normalized spacial score (nSPS) is 10.7. The average molecular weight is 186 g/mol. The minimum atomic E-state index is 0.959. The monoisotopic (exact) mass is 186 g/mol. The maximum atomic E-state index is 4.60. The van der Waals surface area contributed by atoms with Crippen molar-refractivity contribution in [3.63, 3.8) is 0 Å². The fourth-order valence-electron chi connectivity index (χ4n) is 1.64. The smallest absolute Gasteiger partial charge is 0.0890 e. The van der Waals surface area contributed by atoms with Crippen LogP contribution < -0.4 is 0 Å². The molecule has 1 aromatic heterocycles. The number of aromatic nitrogens is 2. The molecule has 2 nitrogen and oxygen atoms in total. The topological polar surface area (TPSA) is 25.8 Å². The summed E-state index contributed by atoms with van der Waals surface area (Å²) in [5, 5.41) is 0. The predicted molar refractivity (Wildman–Crippen MR) is 58.3 cm³/mol. The molecule has 0 saturated carbocycles. The Morgan fingerprint density at radius 2 is 1.29 bits per heavy atom. The summed E-state index contributed by atoms with van der Waals surface area (Å²) >= 11 is 0. The van der Waals surface area contributed by atoms with Gasteiger partial charge in [-0.1, -0.05) is 26.0 Å². The van der Waals surface area contributed by atoms with Gasteiger partial charge in [-0.05, 0) is 25.0 Å². The highest BCUT2D eigenvalue weighted by molar-refractivity contribution is 5.74. The number of para-hydroxylation sites is 2. The number of benzene rings is 1. The number of fused-ring (bicyclic) bond motifs is 1. The third-order valence-electron chi connectivity index (χ3n) is 2.40. The summed E-state index contributed by atoms with van der Waals surface area (Å²) in [6.07, 6.45) is 1.92. The first-order chi connectivity index (χ1) is 6.85. The van der Waals surface area contributed by atoms with Gasteiger partial charge in [-0.3, -0.25) is 0 Å². The minimum Gasteiger partial charge on any atom is -0.249 e. The van der Waals surface area contributed by atoms with Crippen molar-refractivity contribution < 1.29 is 0 Å². The van der Waals surface area contributed by atoms with Gasteiger partial charge >= 0.3 is 0 Å². The number of hydrogen-bond donors (Lipinski definition) is 0. The van der Waals surface area contributed by atoms with Crippen molar-refractivity contribution in [2.75, 3.05) is 0 Å². The molecule has 1 aromatic carbocycles. The van der Waals surface area contributed by atoms with Crippen molar-refractivity contribution in [3.8, 4) is 0 Å². The van der Waals surface area contributed by atoms with Crippen molar-refractivity contribution in [1.82, 2.24) is 9.97 Å². The lowest BCUT2D eigenvalue weighted by Crippen LogP contribution is -1.99. The second-order valence-corrected chi connectivity index (χ2v) is 3.31. The van der Waals surface area contributed by atoms with Gasteiger partial charge in [-0.15, -0.1) is 0 Å². The zero-order valence-corrected chi connectivity index (χ0v) is 8.62. The fourth-order valence-corrected chi connectivity index (χ4v) is 1.64. The third-order valence-corrected chi connectivity index (χ3v) is 2.40. The van der Waals surface area contributed by atoms with Crippen LogP contribution in [0.15, 0.2) is 24.3 Å². The van der Waals surface area contributed by atoms with Crippen LogP contribution in [0.25, 0.3) is 11.0 Å². The Morgan fingerprint density at radius 3 is 1.64 bits per heavy atom. The van der Waals surface area contributed by atoms with Crippen LogP contribution in [0.5, 0.6) is 0 Å². The Balaban J connectivity index is 2.69. The SMILES string of the molecule is CCc1nc2ccccc2nc1CC. The van der Waals surface area contributed by atoms with E-state index in [1.165, 1.54) is 0 Å². The van der Waals surface area contributed by atoms with Crippen LogP contribution in [0.4, 0.5) is 0 Å². The van der Waals surface area contributed by atoms with E-state index in [9.17, 15) is 0 Å². The zero-order chi connectivity index (χ0) is 9.97. The van der Waals surface area contributed by atoms with E-state index in [2.05, 4.69) is 23.8 Å². The van der Waals surface area contributed by atoms with Gasteiger partial charge in [0.05, 0.1) is 22.4 Å². The van der Waals surface area contributed by atoms with Gasteiger partial charge in [0.15, 0.2) is 0 Å². The molecule has 0 amide bonds. The molecule has 72 valence electrons. The first kappa shape index (κ1) is 9.13. The van der Waals surface area contributed by atoms with Crippen LogP contribution in [0.3, 0.4) is 0 Å². The molecule has 0 fully saturated rings. The summed E-state index contributed by atoms with van der Waals surface area (Å²) in [5.41, 5.74) is 4.26. The van der Waals surface area contributed by atoms with Crippen molar-refractivity contribution in [1.29, 1.82) is 0 Å². The Labute approximate surface area is 84.0 Å². The van der Waals surface area contributed by atoms with E-state index >= 15 is 0 Å². The standard InChI is InChI=1S/C12H14N2/c1-3-9-10(4-2)14-12-8-6-5-7-11(12)13-9/h5-8H,3-4H2,1-2H3. The Bertz CT molecular complexity index is 407. The van der Waals surface area contributed by atoms with E-state index in [4.69, 9.17) is 0 Å². The average Bonchev–Trinajstić information content (AvgIpc) is 2.27. The maximum Gasteiger partial charge on any atom is 0.0890 e. The predicted octanol–water partition coefficient (Wildman–Crippen LogP) is 2.75. The van der Waals surface area contributed by atoms with Crippen molar-refractivity contribution >= 4 is 11.0 Å². The first-order valence-electron chi connectivity index (χ1n) is 5.09. The van der Waals surface area contributed by atoms with Crippen LogP contribution in [0.2, 0.25) is 0 Å². The molecule has 0 aliphatic rings. The largest absolute Gasteiger partial charge is 0.249 e. The number of hydrogen-bond acceptors (Lipinski definition) is 2. The Morgan fingerprint density at radius 1 is 0.857 bits per heavy atom. The lowest BCUT2D eigenvalue weighted by Gasteiger charge is -2.05. The molecular formula is C12H14N2. The van der Waals surface area contributed by atoms with E-state index < -0.39 is 0 Å². The number of rotatable bonds is 2. The summed E-state index contributed by atoms with van der Waals surface area (Å²) in [6, 6.07) is 8.03. The highest BCUT2D eigenvalue weighted by Gasteiger charge is 2.04. The number of aryl methyl sites for hydroxylation is 2. The quantitative estimate of drug-likeness (QED) is 0.720. The molecule has 0 radical (unpaired) electrons. The van der Waals surface area contributed by atoms with Gasteiger partial charge in [-0.2, -0.15) is 0 Å². The molecule has 0 bridgehead atoms. The van der Waals surface area contributed by atoms with E-state index in [-0.39, 0.29) is 0 Å². The van der Waals surface area contributed by atoms with Gasteiger partial charge in [-0.25, -0.2) is 9.97 Å².